The van der Waals surface area contributed by atoms with Crippen LogP contribution in [-0.4, -0.2) is 36.4 Å². The Bertz CT molecular complexity index is 449. The van der Waals surface area contributed by atoms with Crippen LogP contribution in [0.15, 0.2) is 22.7 Å². The minimum Gasteiger partial charge on any atom is -0.497 e. The van der Waals surface area contributed by atoms with E-state index in [-0.39, 0.29) is 5.91 Å². The molecule has 0 saturated carbocycles. The number of hydrogen-bond acceptors (Lipinski definition) is 2. The zero-order valence-corrected chi connectivity index (χ0v) is 13.3. The van der Waals surface area contributed by atoms with Crippen molar-refractivity contribution in [3.05, 3.63) is 28.2 Å². The maximum atomic E-state index is 12.4. The predicted octanol–water partition coefficient (Wildman–Crippen LogP) is 3.55. The third kappa shape index (κ3) is 3.18. The second kappa shape index (κ2) is 5.93. The molecule has 0 N–H and O–H groups in total. The fraction of sp³-hybridized carbons (Fsp3) is 0.462. The third-order valence-electron chi connectivity index (χ3n) is 2.94. The molecule has 18 heavy (non-hydrogen) atoms. The first kappa shape index (κ1) is 15.3. The lowest BCUT2D eigenvalue weighted by atomic mass is 10.0. The SMILES string of the molecule is COc1ccc(Br)c(C(=O)N(C)C(C)(C)CCl)c1. The molecular formula is C13H17BrClNO2. The minimum absolute atomic E-state index is 0.0913. The zero-order valence-electron chi connectivity index (χ0n) is 11.0. The largest absolute Gasteiger partial charge is 0.497 e. The van der Waals surface area contributed by atoms with E-state index in [9.17, 15) is 4.79 Å². The number of carbonyl (C=O) groups excluding carboxylic acids is 1. The van der Waals surface area contributed by atoms with Gasteiger partial charge in [0.15, 0.2) is 0 Å². The molecule has 3 nitrogen and oxygen atoms in total. The van der Waals surface area contributed by atoms with Gasteiger partial charge in [0.1, 0.15) is 5.75 Å². The molecule has 0 unspecified atom stereocenters. The van der Waals surface area contributed by atoms with Crippen molar-refractivity contribution in [2.24, 2.45) is 0 Å². The molecule has 1 rings (SSSR count). The van der Waals surface area contributed by atoms with Gasteiger partial charge in [-0.05, 0) is 48.0 Å². The monoisotopic (exact) mass is 333 g/mol. The molecule has 0 spiro atoms. The van der Waals surface area contributed by atoms with Crippen LogP contribution in [0.25, 0.3) is 0 Å². The van der Waals surface area contributed by atoms with E-state index in [4.69, 9.17) is 16.3 Å². The standard InChI is InChI=1S/C13H17BrClNO2/c1-13(2,8-15)16(3)12(17)10-7-9(18-4)5-6-11(10)14/h5-7H,8H2,1-4H3. The van der Waals surface area contributed by atoms with Gasteiger partial charge in [-0.2, -0.15) is 0 Å². The number of ether oxygens (including phenoxy) is 1. The summed E-state index contributed by atoms with van der Waals surface area (Å²) in [6.45, 7) is 3.85. The van der Waals surface area contributed by atoms with E-state index in [2.05, 4.69) is 15.9 Å². The minimum atomic E-state index is -0.402. The highest BCUT2D eigenvalue weighted by atomic mass is 79.9. The van der Waals surface area contributed by atoms with Crippen LogP contribution >= 0.6 is 27.5 Å². The normalized spacial score (nSPS) is 11.2. The van der Waals surface area contributed by atoms with Gasteiger partial charge in [0.05, 0.1) is 18.2 Å². The highest BCUT2D eigenvalue weighted by Crippen LogP contribution is 2.26. The highest BCUT2D eigenvalue weighted by Gasteiger charge is 2.28. The van der Waals surface area contributed by atoms with Crippen molar-refractivity contribution in [1.29, 1.82) is 0 Å². The summed E-state index contributed by atoms with van der Waals surface area (Å²) in [6, 6.07) is 5.31. The number of nitrogens with zero attached hydrogens (tertiary/aromatic N) is 1. The lowest BCUT2D eigenvalue weighted by molar-refractivity contribution is 0.0659. The Hall–Kier alpha value is -0.740. The topological polar surface area (TPSA) is 29.5 Å². The molecule has 0 heterocycles. The first-order chi connectivity index (χ1) is 8.33. The number of amides is 1. The first-order valence-corrected chi connectivity index (χ1v) is 6.84. The summed E-state index contributed by atoms with van der Waals surface area (Å²) in [6.07, 6.45) is 0. The van der Waals surface area contributed by atoms with E-state index in [0.29, 0.717) is 17.2 Å². The molecule has 0 aliphatic rings. The molecule has 5 heteroatoms. The van der Waals surface area contributed by atoms with Crippen molar-refractivity contribution in [2.75, 3.05) is 20.0 Å². The molecule has 1 aromatic rings. The summed E-state index contributed by atoms with van der Waals surface area (Å²) in [7, 11) is 3.32. The van der Waals surface area contributed by atoms with E-state index in [1.807, 2.05) is 13.8 Å². The van der Waals surface area contributed by atoms with Gasteiger partial charge in [-0.3, -0.25) is 4.79 Å². The summed E-state index contributed by atoms with van der Waals surface area (Å²) in [5.74, 6) is 0.932. The molecular weight excluding hydrogens is 318 g/mol. The predicted molar refractivity (Wildman–Crippen MR) is 77.6 cm³/mol. The number of halogens is 2. The van der Waals surface area contributed by atoms with Crippen molar-refractivity contribution in [3.63, 3.8) is 0 Å². The van der Waals surface area contributed by atoms with Crippen LogP contribution in [0.1, 0.15) is 24.2 Å². The second-order valence-electron chi connectivity index (χ2n) is 4.66. The zero-order chi connectivity index (χ0) is 13.9. The first-order valence-electron chi connectivity index (χ1n) is 5.51. The van der Waals surface area contributed by atoms with Crippen LogP contribution in [0, 0.1) is 0 Å². The van der Waals surface area contributed by atoms with Crippen LogP contribution in [0.2, 0.25) is 0 Å². The van der Waals surface area contributed by atoms with E-state index in [1.165, 1.54) is 0 Å². The lowest BCUT2D eigenvalue weighted by Crippen LogP contribution is -2.46. The Balaban J connectivity index is 3.11. The van der Waals surface area contributed by atoms with Gasteiger partial charge < -0.3 is 9.64 Å². The third-order valence-corrected chi connectivity index (χ3v) is 4.29. The molecule has 0 radical (unpaired) electrons. The quantitative estimate of drug-likeness (QED) is 0.788. The van der Waals surface area contributed by atoms with E-state index in [0.717, 1.165) is 4.47 Å². The van der Waals surface area contributed by atoms with E-state index < -0.39 is 5.54 Å². The summed E-state index contributed by atoms with van der Waals surface area (Å²) in [5.41, 5.74) is 0.163. The van der Waals surface area contributed by atoms with Crippen molar-refractivity contribution >= 4 is 33.4 Å². The second-order valence-corrected chi connectivity index (χ2v) is 5.78. The number of carbonyl (C=O) groups is 1. The maximum Gasteiger partial charge on any atom is 0.255 e. The van der Waals surface area contributed by atoms with Gasteiger partial charge in [-0.15, -0.1) is 11.6 Å². The van der Waals surface area contributed by atoms with Crippen LogP contribution in [0.5, 0.6) is 5.75 Å². The average molecular weight is 335 g/mol. The van der Waals surface area contributed by atoms with E-state index >= 15 is 0 Å². The Labute approximate surface area is 121 Å². The molecule has 0 fully saturated rings. The molecule has 0 aliphatic heterocycles. The van der Waals surface area contributed by atoms with Crippen LogP contribution in [-0.2, 0) is 0 Å². The van der Waals surface area contributed by atoms with Gasteiger partial charge in [0, 0.05) is 17.4 Å². The average Bonchev–Trinajstić information content (AvgIpc) is 2.37. The number of hydrogen-bond donors (Lipinski definition) is 0. The molecule has 0 atom stereocenters. The lowest BCUT2D eigenvalue weighted by Gasteiger charge is -2.34. The molecule has 0 saturated heterocycles. The molecule has 100 valence electrons. The molecule has 0 aromatic heterocycles. The summed E-state index contributed by atoms with van der Waals surface area (Å²) >= 11 is 9.27. The molecule has 1 amide bonds. The van der Waals surface area contributed by atoms with Crippen LogP contribution < -0.4 is 4.74 Å². The van der Waals surface area contributed by atoms with E-state index in [1.54, 1.807) is 37.3 Å². The molecule has 0 bridgehead atoms. The van der Waals surface area contributed by atoms with Gasteiger partial charge in [0.25, 0.3) is 5.91 Å². The van der Waals surface area contributed by atoms with Crippen molar-refractivity contribution in [2.45, 2.75) is 19.4 Å². The Kier molecular flexibility index (Phi) is 5.05. The van der Waals surface area contributed by atoms with Crippen molar-refractivity contribution in [1.82, 2.24) is 4.90 Å². The van der Waals surface area contributed by atoms with Gasteiger partial charge >= 0.3 is 0 Å². The molecule has 0 aliphatic carbocycles. The van der Waals surface area contributed by atoms with Crippen molar-refractivity contribution < 1.29 is 9.53 Å². The number of rotatable bonds is 4. The fourth-order valence-corrected chi connectivity index (χ4v) is 1.94. The number of benzene rings is 1. The Morgan fingerprint density at radius 1 is 1.50 bits per heavy atom. The fourth-order valence-electron chi connectivity index (χ4n) is 1.34. The summed E-state index contributed by atoms with van der Waals surface area (Å²) < 4.78 is 5.88. The summed E-state index contributed by atoms with van der Waals surface area (Å²) in [5, 5.41) is 0. The van der Waals surface area contributed by atoms with Crippen LogP contribution in [0.3, 0.4) is 0 Å². The van der Waals surface area contributed by atoms with Crippen molar-refractivity contribution in [3.8, 4) is 5.75 Å². The Morgan fingerprint density at radius 3 is 2.61 bits per heavy atom. The Morgan fingerprint density at radius 2 is 2.11 bits per heavy atom. The number of methoxy groups -OCH3 is 1. The van der Waals surface area contributed by atoms with Gasteiger partial charge in [-0.25, -0.2) is 0 Å². The smallest absolute Gasteiger partial charge is 0.255 e. The van der Waals surface area contributed by atoms with Gasteiger partial charge in [-0.1, -0.05) is 0 Å². The molecule has 1 aromatic carbocycles. The summed E-state index contributed by atoms with van der Waals surface area (Å²) in [4.78, 5) is 14.1. The number of alkyl halides is 1. The van der Waals surface area contributed by atoms with Crippen LogP contribution in [0.4, 0.5) is 0 Å². The van der Waals surface area contributed by atoms with Gasteiger partial charge in [0.2, 0.25) is 0 Å². The maximum absolute atomic E-state index is 12.4. The highest BCUT2D eigenvalue weighted by molar-refractivity contribution is 9.10.